The van der Waals surface area contributed by atoms with Crippen molar-refractivity contribution < 1.29 is 4.79 Å². The molecule has 1 aliphatic carbocycles. The summed E-state index contributed by atoms with van der Waals surface area (Å²) in [6.07, 6.45) is 8.03. The molecule has 104 valence electrons. The summed E-state index contributed by atoms with van der Waals surface area (Å²) in [6.45, 7) is 0. The van der Waals surface area contributed by atoms with Crippen LogP contribution in [0.2, 0.25) is 0 Å². The molecule has 2 aromatic rings. The van der Waals surface area contributed by atoms with Gasteiger partial charge in [-0.15, -0.1) is 12.4 Å². The van der Waals surface area contributed by atoms with E-state index in [-0.39, 0.29) is 18.3 Å². The third-order valence-corrected chi connectivity index (χ3v) is 3.53. The number of nitrogens with one attached hydrogen (secondary N) is 1. The number of aromatic nitrogens is 1. The highest BCUT2D eigenvalue weighted by Crippen LogP contribution is 2.24. The Morgan fingerprint density at radius 1 is 1.10 bits per heavy atom. The second-order valence-corrected chi connectivity index (χ2v) is 4.89. The van der Waals surface area contributed by atoms with Crippen molar-refractivity contribution in [3.05, 3.63) is 59.4 Å². The highest BCUT2D eigenvalue weighted by molar-refractivity contribution is 6.04. The predicted molar refractivity (Wildman–Crippen MR) is 82.5 cm³/mol. The lowest BCUT2D eigenvalue weighted by Crippen LogP contribution is -2.13. The van der Waals surface area contributed by atoms with Gasteiger partial charge in [0, 0.05) is 18.1 Å². The van der Waals surface area contributed by atoms with Crippen LogP contribution >= 0.6 is 12.4 Å². The monoisotopic (exact) mass is 288 g/mol. The summed E-state index contributed by atoms with van der Waals surface area (Å²) in [5, 5.41) is 2.93. The molecule has 3 rings (SSSR count). The summed E-state index contributed by atoms with van der Waals surface area (Å²) < 4.78 is 0. The number of anilines is 1. The van der Waals surface area contributed by atoms with E-state index in [0.29, 0.717) is 5.56 Å². The molecule has 0 atom stereocenters. The van der Waals surface area contributed by atoms with Crippen molar-refractivity contribution in [2.75, 3.05) is 5.32 Å². The van der Waals surface area contributed by atoms with Gasteiger partial charge in [-0.05, 0) is 61.1 Å². The second-order valence-electron chi connectivity index (χ2n) is 4.89. The molecule has 1 N–H and O–H groups in total. The van der Waals surface area contributed by atoms with Gasteiger partial charge in [-0.1, -0.05) is 6.07 Å². The van der Waals surface area contributed by atoms with Gasteiger partial charge >= 0.3 is 0 Å². The van der Waals surface area contributed by atoms with Crippen LogP contribution in [0.1, 0.15) is 34.3 Å². The Morgan fingerprint density at radius 2 is 1.90 bits per heavy atom. The molecule has 0 bridgehead atoms. The van der Waals surface area contributed by atoms with Gasteiger partial charge in [-0.25, -0.2) is 0 Å². The highest BCUT2D eigenvalue weighted by Gasteiger charge is 2.11. The van der Waals surface area contributed by atoms with Crippen LogP contribution in [0, 0.1) is 0 Å². The standard InChI is InChI=1S/C16H16N2O.ClH/c19-16(14-6-3-9-17-11-14)18-15-8-7-12-4-1-2-5-13(12)10-15;/h3,6-11H,1-2,4-5H2,(H,18,19);1H. The van der Waals surface area contributed by atoms with Gasteiger partial charge in [0.15, 0.2) is 0 Å². The number of nitrogens with zero attached hydrogens (tertiary/aromatic N) is 1. The number of carbonyl (C=O) groups is 1. The number of aryl methyl sites for hydroxylation is 2. The molecular weight excluding hydrogens is 272 g/mol. The predicted octanol–water partition coefficient (Wildman–Crippen LogP) is 3.63. The molecule has 1 aromatic heterocycles. The number of benzene rings is 1. The van der Waals surface area contributed by atoms with Gasteiger partial charge in [0.25, 0.3) is 5.91 Å². The molecule has 0 fully saturated rings. The summed E-state index contributed by atoms with van der Waals surface area (Å²) in [7, 11) is 0. The van der Waals surface area contributed by atoms with Crippen molar-refractivity contribution in [1.82, 2.24) is 4.98 Å². The first-order chi connectivity index (χ1) is 9.33. The summed E-state index contributed by atoms with van der Waals surface area (Å²) in [6, 6.07) is 9.75. The first-order valence-electron chi connectivity index (χ1n) is 6.66. The summed E-state index contributed by atoms with van der Waals surface area (Å²) in [5.41, 5.74) is 4.25. The smallest absolute Gasteiger partial charge is 0.257 e. The van der Waals surface area contributed by atoms with Crippen molar-refractivity contribution in [1.29, 1.82) is 0 Å². The SMILES string of the molecule is Cl.O=C(Nc1ccc2c(c1)CCCC2)c1cccnc1. The van der Waals surface area contributed by atoms with E-state index >= 15 is 0 Å². The van der Waals surface area contributed by atoms with Gasteiger partial charge in [0.2, 0.25) is 0 Å². The number of fused-ring (bicyclic) bond motifs is 1. The molecule has 1 aliphatic rings. The van der Waals surface area contributed by atoms with E-state index in [2.05, 4.69) is 22.4 Å². The second kappa shape index (κ2) is 6.53. The van der Waals surface area contributed by atoms with E-state index in [1.807, 2.05) is 6.07 Å². The summed E-state index contributed by atoms with van der Waals surface area (Å²) >= 11 is 0. The molecule has 0 spiro atoms. The lowest BCUT2D eigenvalue weighted by Gasteiger charge is -2.16. The zero-order chi connectivity index (χ0) is 13.1. The fourth-order valence-electron chi connectivity index (χ4n) is 2.51. The molecule has 0 saturated heterocycles. The van der Waals surface area contributed by atoms with Crippen LogP contribution in [0.15, 0.2) is 42.7 Å². The molecule has 1 aromatic carbocycles. The maximum atomic E-state index is 12.0. The quantitative estimate of drug-likeness (QED) is 0.917. The number of hydrogen-bond acceptors (Lipinski definition) is 2. The van der Waals surface area contributed by atoms with Gasteiger partial charge in [0.1, 0.15) is 0 Å². The normalized spacial score (nSPS) is 13.0. The fourth-order valence-corrected chi connectivity index (χ4v) is 2.51. The van der Waals surface area contributed by atoms with Crippen LogP contribution in [0.5, 0.6) is 0 Å². The van der Waals surface area contributed by atoms with Gasteiger partial charge < -0.3 is 5.32 Å². The number of pyridine rings is 1. The zero-order valence-corrected chi connectivity index (χ0v) is 12.0. The Balaban J connectivity index is 0.00000147. The minimum absolute atomic E-state index is 0. The third-order valence-electron chi connectivity index (χ3n) is 3.53. The molecule has 3 nitrogen and oxygen atoms in total. The summed E-state index contributed by atoms with van der Waals surface area (Å²) in [4.78, 5) is 16.0. The molecule has 20 heavy (non-hydrogen) atoms. The molecule has 0 saturated carbocycles. The molecule has 4 heteroatoms. The van der Waals surface area contributed by atoms with E-state index in [1.54, 1.807) is 24.5 Å². The molecule has 0 aliphatic heterocycles. The van der Waals surface area contributed by atoms with Crippen LogP contribution in [-0.2, 0) is 12.8 Å². The van der Waals surface area contributed by atoms with Crippen LogP contribution in [0.4, 0.5) is 5.69 Å². The first kappa shape index (κ1) is 14.5. The Bertz CT molecular complexity index is 599. The Hall–Kier alpha value is -1.87. The van der Waals surface area contributed by atoms with Gasteiger partial charge in [-0.2, -0.15) is 0 Å². The van der Waals surface area contributed by atoms with E-state index in [9.17, 15) is 4.79 Å². The lowest BCUT2D eigenvalue weighted by molar-refractivity contribution is 0.102. The van der Waals surface area contributed by atoms with Crippen molar-refractivity contribution in [3.8, 4) is 0 Å². The number of amides is 1. The average Bonchev–Trinajstić information content (AvgIpc) is 2.48. The number of hydrogen-bond donors (Lipinski definition) is 1. The van der Waals surface area contributed by atoms with Crippen LogP contribution < -0.4 is 5.32 Å². The van der Waals surface area contributed by atoms with E-state index in [1.165, 1.54) is 24.0 Å². The molecular formula is C16H17ClN2O. The minimum atomic E-state index is -0.108. The van der Waals surface area contributed by atoms with E-state index in [4.69, 9.17) is 0 Å². The molecule has 0 radical (unpaired) electrons. The minimum Gasteiger partial charge on any atom is -0.322 e. The van der Waals surface area contributed by atoms with E-state index in [0.717, 1.165) is 18.5 Å². The van der Waals surface area contributed by atoms with Crippen molar-refractivity contribution in [2.45, 2.75) is 25.7 Å². The van der Waals surface area contributed by atoms with Gasteiger partial charge in [-0.3, -0.25) is 9.78 Å². The third kappa shape index (κ3) is 3.17. The van der Waals surface area contributed by atoms with Crippen molar-refractivity contribution in [3.63, 3.8) is 0 Å². The fraction of sp³-hybridized carbons (Fsp3) is 0.250. The van der Waals surface area contributed by atoms with Crippen LogP contribution in [-0.4, -0.2) is 10.9 Å². The maximum Gasteiger partial charge on any atom is 0.257 e. The van der Waals surface area contributed by atoms with Crippen LogP contribution in [0.3, 0.4) is 0 Å². The number of halogens is 1. The zero-order valence-electron chi connectivity index (χ0n) is 11.1. The van der Waals surface area contributed by atoms with Crippen molar-refractivity contribution in [2.24, 2.45) is 0 Å². The van der Waals surface area contributed by atoms with Gasteiger partial charge in [0.05, 0.1) is 5.56 Å². The average molecular weight is 289 g/mol. The molecule has 0 unspecified atom stereocenters. The largest absolute Gasteiger partial charge is 0.322 e. The summed E-state index contributed by atoms with van der Waals surface area (Å²) in [5.74, 6) is -0.108. The maximum absolute atomic E-state index is 12.0. The van der Waals surface area contributed by atoms with E-state index < -0.39 is 0 Å². The van der Waals surface area contributed by atoms with Crippen molar-refractivity contribution >= 4 is 24.0 Å². The molecule has 1 heterocycles. The topological polar surface area (TPSA) is 42.0 Å². The first-order valence-corrected chi connectivity index (χ1v) is 6.66. The number of rotatable bonds is 2. The molecule has 1 amide bonds. The number of carbonyl (C=O) groups excluding carboxylic acids is 1. The lowest BCUT2D eigenvalue weighted by atomic mass is 9.91. The van der Waals surface area contributed by atoms with Crippen LogP contribution in [0.25, 0.3) is 0 Å². The Labute approximate surface area is 124 Å². The highest BCUT2D eigenvalue weighted by atomic mass is 35.5. The Kier molecular flexibility index (Phi) is 4.74. The Morgan fingerprint density at radius 3 is 2.65 bits per heavy atom.